The summed E-state index contributed by atoms with van der Waals surface area (Å²) in [5, 5.41) is 10.9. The first-order valence-electron chi connectivity index (χ1n) is 7.45. The summed E-state index contributed by atoms with van der Waals surface area (Å²) in [5.41, 5.74) is 5.51. The molecular formula is C15H29NO. The van der Waals surface area contributed by atoms with E-state index in [1.807, 2.05) is 0 Å². The highest BCUT2D eigenvalue weighted by atomic mass is 16.3. The lowest BCUT2D eigenvalue weighted by Gasteiger charge is -2.46. The van der Waals surface area contributed by atoms with Crippen LogP contribution in [0.1, 0.15) is 65.2 Å². The standard InChI is InChI=1S/C15H29NO/c1-3-12-7-8-15(10-12,11-16)14(2,17)9-13-5-4-6-13/h12-13,17H,3-11,16H2,1-2H3. The molecular weight excluding hydrogens is 210 g/mol. The average molecular weight is 239 g/mol. The molecule has 2 fully saturated rings. The van der Waals surface area contributed by atoms with Crippen molar-refractivity contribution < 1.29 is 5.11 Å². The summed E-state index contributed by atoms with van der Waals surface area (Å²) in [4.78, 5) is 0. The third-order valence-electron chi connectivity index (χ3n) is 5.73. The second-order valence-corrected chi connectivity index (χ2v) is 6.78. The molecule has 0 aliphatic heterocycles. The molecule has 17 heavy (non-hydrogen) atoms. The summed E-state index contributed by atoms with van der Waals surface area (Å²) in [5.74, 6) is 1.54. The van der Waals surface area contributed by atoms with E-state index in [9.17, 15) is 5.11 Å². The van der Waals surface area contributed by atoms with Crippen LogP contribution in [-0.4, -0.2) is 17.3 Å². The van der Waals surface area contributed by atoms with Crippen LogP contribution in [0.25, 0.3) is 0 Å². The maximum atomic E-state index is 10.9. The highest BCUT2D eigenvalue weighted by Crippen LogP contribution is 2.52. The van der Waals surface area contributed by atoms with Gasteiger partial charge in [-0.3, -0.25) is 0 Å². The van der Waals surface area contributed by atoms with Gasteiger partial charge in [-0.05, 0) is 44.4 Å². The third-order valence-corrected chi connectivity index (χ3v) is 5.73. The molecule has 2 aliphatic rings. The fourth-order valence-electron chi connectivity index (χ4n) is 3.96. The summed E-state index contributed by atoms with van der Waals surface area (Å²) in [6, 6.07) is 0. The van der Waals surface area contributed by atoms with Crippen molar-refractivity contribution >= 4 is 0 Å². The van der Waals surface area contributed by atoms with Crippen LogP contribution >= 0.6 is 0 Å². The van der Waals surface area contributed by atoms with Gasteiger partial charge in [0.1, 0.15) is 0 Å². The molecule has 0 aromatic heterocycles. The molecule has 2 nitrogen and oxygen atoms in total. The van der Waals surface area contributed by atoms with E-state index < -0.39 is 5.60 Å². The molecule has 0 bridgehead atoms. The minimum atomic E-state index is -0.545. The largest absolute Gasteiger partial charge is 0.390 e. The number of aliphatic hydroxyl groups is 1. The number of hydrogen-bond donors (Lipinski definition) is 2. The van der Waals surface area contributed by atoms with Gasteiger partial charge in [0.15, 0.2) is 0 Å². The molecule has 0 saturated heterocycles. The molecule has 0 spiro atoms. The SMILES string of the molecule is CCC1CCC(CN)(C(C)(O)CC2CCC2)C1. The molecule has 2 aliphatic carbocycles. The van der Waals surface area contributed by atoms with E-state index in [0.29, 0.717) is 6.54 Å². The minimum Gasteiger partial charge on any atom is -0.390 e. The molecule has 0 amide bonds. The molecule has 0 radical (unpaired) electrons. The molecule has 0 aromatic rings. The number of nitrogens with two attached hydrogens (primary N) is 1. The Morgan fingerprint density at radius 2 is 2.00 bits per heavy atom. The van der Waals surface area contributed by atoms with Crippen LogP contribution in [0.15, 0.2) is 0 Å². The maximum Gasteiger partial charge on any atom is 0.0690 e. The lowest BCUT2D eigenvalue weighted by atomic mass is 9.64. The summed E-state index contributed by atoms with van der Waals surface area (Å²) in [6.07, 6.45) is 9.72. The Kier molecular flexibility index (Phi) is 3.84. The van der Waals surface area contributed by atoms with Crippen molar-refractivity contribution in [1.82, 2.24) is 0 Å². The molecule has 0 heterocycles. The van der Waals surface area contributed by atoms with Gasteiger partial charge in [0.05, 0.1) is 5.60 Å². The van der Waals surface area contributed by atoms with Crippen LogP contribution in [0, 0.1) is 17.3 Å². The zero-order valence-electron chi connectivity index (χ0n) is 11.5. The molecule has 2 heteroatoms. The molecule has 3 unspecified atom stereocenters. The highest BCUT2D eigenvalue weighted by molar-refractivity contribution is 5.03. The van der Waals surface area contributed by atoms with Crippen LogP contribution in [0.3, 0.4) is 0 Å². The van der Waals surface area contributed by atoms with Crippen molar-refractivity contribution in [2.24, 2.45) is 23.0 Å². The van der Waals surface area contributed by atoms with E-state index >= 15 is 0 Å². The lowest BCUT2D eigenvalue weighted by molar-refractivity contribution is -0.0880. The maximum absolute atomic E-state index is 10.9. The zero-order chi connectivity index (χ0) is 12.5. The van der Waals surface area contributed by atoms with Crippen LogP contribution in [-0.2, 0) is 0 Å². The fourth-order valence-corrected chi connectivity index (χ4v) is 3.96. The van der Waals surface area contributed by atoms with E-state index in [1.165, 1.54) is 32.1 Å². The van der Waals surface area contributed by atoms with Gasteiger partial charge in [0.25, 0.3) is 0 Å². The second-order valence-electron chi connectivity index (χ2n) is 6.78. The van der Waals surface area contributed by atoms with Crippen molar-refractivity contribution in [1.29, 1.82) is 0 Å². The van der Waals surface area contributed by atoms with Crippen molar-refractivity contribution in [2.75, 3.05) is 6.54 Å². The van der Waals surface area contributed by atoms with Crippen molar-refractivity contribution in [3.8, 4) is 0 Å². The van der Waals surface area contributed by atoms with E-state index in [2.05, 4.69) is 13.8 Å². The molecule has 3 atom stereocenters. The van der Waals surface area contributed by atoms with Crippen LogP contribution in [0.4, 0.5) is 0 Å². The van der Waals surface area contributed by atoms with Crippen LogP contribution < -0.4 is 5.73 Å². The lowest BCUT2D eigenvalue weighted by Crippen LogP contribution is -2.50. The van der Waals surface area contributed by atoms with E-state index in [0.717, 1.165) is 31.1 Å². The van der Waals surface area contributed by atoms with Gasteiger partial charge >= 0.3 is 0 Å². The predicted molar refractivity (Wildman–Crippen MR) is 71.7 cm³/mol. The van der Waals surface area contributed by atoms with E-state index in [1.54, 1.807) is 0 Å². The van der Waals surface area contributed by atoms with Gasteiger partial charge in [0, 0.05) is 12.0 Å². The monoisotopic (exact) mass is 239 g/mol. The van der Waals surface area contributed by atoms with Gasteiger partial charge in [-0.15, -0.1) is 0 Å². The Bertz CT molecular complexity index is 260. The summed E-state index contributed by atoms with van der Waals surface area (Å²) >= 11 is 0. The topological polar surface area (TPSA) is 46.2 Å². The second kappa shape index (κ2) is 4.89. The van der Waals surface area contributed by atoms with Crippen molar-refractivity contribution in [3.05, 3.63) is 0 Å². The first kappa shape index (κ1) is 13.4. The van der Waals surface area contributed by atoms with Gasteiger partial charge in [-0.1, -0.05) is 32.6 Å². The van der Waals surface area contributed by atoms with Gasteiger partial charge in [-0.2, -0.15) is 0 Å². The molecule has 2 rings (SSSR count). The highest BCUT2D eigenvalue weighted by Gasteiger charge is 2.51. The predicted octanol–water partition coefficient (Wildman–Crippen LogP) is 3.08. The Morgan fingerprint density at radius 3 is 2.41 bits per heavy atom. The average Bonchev–Trinajstić information content (AvgIpc) is 2.69. The Labute approximate surface area is 106 Å². The van der Waals surface area contributed by atoms with Crippen molar-refractivity contribution in [2.45, 2.75) is 70.8 Å². The Balaban J connectivity index is 2.04. The Morgan fingerprint density at radius 1 is 1.29 bits per heavy atom. The van der Waals surface area contributed by atoms with E-state index in [-0.39, 0.29) is 5.41 Å². The zero-order valence-corrected chi connectivity index (χ0v) is 11.5. The molecule has 3 N–H and O–H groups in total. The quantitative estimate of drug-likeness (QED) is 0.774. The van der Waals surface area contributed by atoms with Crippen LogP contribution in [0.5, 0.6) is 0 Å². The third kappa shape index (κ3) is 2.39. The van der Waals surface area contributed by atoms with Gasteiger partial charge < -0.3 is 10.8 Å². The molecule has 100 valence electrons. The first-order valence-corrected chi connectivity index (χ1v) is 7.45. The summed E-state index contributed by atoms with van der Waals surface area (Å²) in [7, 11) is 0. The molecule has 0 aromatic carbocycles. The smallest absolute Gasteiger partial charge is 0.0690 e. The van der Waals surface area contributed by atoms with E-state index in [4.69, 9.17) is 5.73 Å². The molecule has 2 saturated carbocycles. The number of rotatable bonds is 5. The minimum absolute atomic E-state index is 0.00324. The normalized spacial score (nSPS) is 37.8. The number of hydrogen-bond acceptors (Lipinski definition) is 2. The van der Waals surface area contributed by atoms with Crippen LogP contribution in [0.2, 0.25) is 0 Å². The van der Waals surface area contributed by atoms with Gasteiger partial charge in [0.2, 0.25) is 0 Å². The van der Waals surface area contributed by atoms with Crippen molar-refractivity contribution in [3.63, 3.8) is 0 Å². The summed E-state index contributed by atoms with van der Waals surface area (Å²) < 4.78 is 0. The first-order chi connectivity index (χ1) is 8.03. The fraction of sp³-hybridized carbons (Fsp3) is 1.00. The van der Waals surface area contributed by atoms with Gasteiger partial charge in [-0.25, -0.2) is 0 Å². The summed E-state index contributed by atoms with van der Waals surface area (Å²) in [6.45, 7) is 4.97. The Hall–Kier alpha value is -0.0800.